The van der Waals surface area contributed by atoms with Crippen LogP contribution in [0.25, 0.3) is 0 Å². The fourth-order valence-electron chi connectivity index (χ4n) is 0.696. The topological polar surface area (TPSA) is 37.6 Å². The molecular formula is C10H13N3. The molecule has 0 saturated heterocycles. The molecule has 0 spiro atoms. The Labute approximate surface area is 78.3 Å². The van der Waals surface area contributed by atoms with Crippen molar-refractivity contribution in [2.45, 2.75) is 26.3 Å². The molecule has 0 saturated carbocycles. The Balaban J connectivity index is 2.63. The number of hydrogen-bond acceptors (Lipinski definition) is 3. The average Bonchev–Trinajstić information content (AvgIpc) is 2.19. The average molecular weight is 175 g/mol. The molecule has 0 aliphatic heterocycles. The number of rotatable bonds is 3. The van der Waals surface area contributed by atoms with Crippen molar-refractivity contribution in [2.24, 2.45) is 9.98 Å². The minimum absolute atomic E-state index is 0.292. The van der Waals surface area contributed by atoms with Gasteiger partial charge in [-0.1, -0.05) is 6.92 Å². The molecule has 1 heterocycles. The number of nitrogens with zero attached hydrogens (tertiary/aromatic N) is 3. The van der Waals surface area contributed by atoms with Crippen molar-refractivity contribution in [3.63, 3.8) is 0 Å². The molecule has 13 heavy (non-hydrogen) atoms. The molecule has 3 heteroatoms. The van der Waals surface area contributed by atoms with E-state index < -0.39 is 0 Å². The lowest BCUT2D eigenvalue weighted by atomic mass is 10.3. The molecule has 0 N–H and O–H groups in total. The Morgan fingerprint density at radius 2 is 2.46 bits per heavy atom. The van der Waals surface area contributed by atoms with Crippen LogP contribution in [0, 0.1) is 0 Å². The summed E-state index contributed by atoms with van der Waals surface area (Å²) in [5, 5.41) is 0. The van der Waals surface area contributed by atoms with Gasteiger partial charge >= 0.3 is 0 Å². The van der Waals surface area contributed by atoms with Crippen molar-refractivity contribution in [3.05, 3.63) is 24.5 Å². The summed E-state index contributed by atoms with van der Waals surface area (Å²) in [7, 11) is 0. The van der Waals surface area contributed by atoms with Crippen LogP contribution < -0.4 is 0 Å². The summed E-state index contributed by atoms with van der Waals surface area (Å²) < 4.78 is 0. The molecule has 1 rings (SSSR count). The van der Waals surface area contributed by atoms with Crippen molar-refractivity contribution in [2.75, 3.05) is 0 Å². The van der Waals surface area contributed by atoms with E-state index in [1.54, 1.807) is 12.4 Å². The summed E-state index contributed by atoms with van der Waals surface area (Å²) in [5.74, 6) is 0. The molecule has 3 nitrogen and oxygen atoms in total. The number of aliphatic imine (C=N–C) groups is 2. The van der Waals surface area contributed by atoms with Crippen molar-refractivity contribution in [1.29, 1.82) is 0 Å². The second-order valence-corrected chi connectivity index (χ2v) is 2.81. The zero-order valence-electron chi connectivity index (χ0n) is 7.94. The van der Waals surface area contributed by atoms with E-state index in [1.165, 1.54) is 0 Å². The van der Waals surface area contributed by atoms with Gasteiger partial charge in [0.2, 0.25) is 0 Å². The van der Waals surface area contributed by atoms with Crippen molar-refractivity contribution < 1.29 is 0 Å². The van der Waals surface area contributed by atoms with Crippen molar-refractivity contribution in [1.82, 2.24) is 4.98 Å². The van der Waals surface area contributed by atoms with E-state index in [0.29, 0.717) is 6.04 Å². The van der Waals surface area contributed by atoms with Gasteiger partial charge in [0.25, 0.3) is 0 Å². The van der Waals surface area contributed by atoms with Crippen LogP contribution in [0.4, 0.5) is 5.69 Å². The maximum absolute atomic E-state index is 4.09. The zero-order valence-corrected chi connectivity index (χ0v) is 7.94. The van der Waals surface area contributed by atoms with Crippen LogP contribution in [-0.2, 0) is 0 Å². The van der Waals surface area contributed by atoms with Crippen LogP contribution in [0.3, 0.4) is 0 Å². The Hall–Kier alpha value is -1.47. The van der Waals surface area contributed by atoms with Crippen LogP contribution in [-0.4, -0.2) is 17.0 Å². The van der Waals surface area contributed by atoms with Gasteiger partial charge in [-0.25, -0.2) is 4.99 Å². The van der Waals surface area contributed by atoms with Crippen LogP contribution in [0.5, 0.6) is 0 Å². The zero-order chi connectivity index (χ0) is 9.52. The monoisotopic (exact) mass is 175 g/mol. The molecule has 0 aliphatic carbocycles. The quantitative estimate of drug-likeness (QED) is 0.651. The Morgan fingerprint density at radius 1 is 1.62 bits per heavy atom. The highest BCUT2D eigenvalue weighted by molar-refractivity contribution is 5.51. The highest BCUT2D eigenvalue weighted by Gasteiger charge is 1.89. The summed E-state index contributed by atoms with van der Waals surface area (Å²) in [6.07, 6.45) is 4.40. The van der Waals surface area contributed by atoms with E-state index in [9.17, 15) is 0 Å². The highest BCUT2D eigenvalue weighted by Crippen LogP contribution is 2.05. The van der Waals surface area contributed by atoms with Gasteiger partial charge in [-0.05, 0) is 25.5 Å². The first kappa shape index (κ1) is 9.62. The number of aromatic nitrogens is 1. The molecule has 0 amide bonds. The molecule has 0 aromatic carbocycles. The van der Waals surface area contributed by atoms with Gasteiger partial charge < -0.3 is 0 Å². The lowest BCUT2D eigenvalue weighted by molar-refractivity contribution is 0.721. The first-order chi connectivity index (χ1) is 6.33. The molecule has 0 bridgehead atoms. The molecule has 1 aromatic heterocycles. The van der Waals surface area contributed by atoms with Gasteiger partial charge in [-0.15, -0.1) is 0 Å². The first-order valence-electron chi connectivity index (χ1n) is 4.38. The van der Waals surface area contributed by atoms with Gasteiger partial charge in [0, 0.05) is 6.20 Å². The fraction of sp³-hybridized carbons (Fsp3) is 0.400. The Morgan fingerprint density at radius 3 is 3.08 bits per heavy atom. The van der Waals surface area contributed by atoms with E-state index in [4.69, 9.17) is 0 Å². The van der Waals surface area contributed by atoms with Crippen LogP contribution >= 0.6 is 0 Å². The van der Waals surface area contributed by atoms with Crippen LogP contribution in [0.1, 0.15) is 20.3 Å². The molecule has 1 unspecified atom stereocenters. The summed E-state index contributed by atoms with van der Waals surface area (Å²) >= 11 is 0. The SMILES string of the molecule is CCC(C)N=C=Nc1cccnc1. The minimum atomic E-state index is 0.292. The standard InChI is InChI=1S/C10H13N3/c1-3-9(2)12-8-13-10-5-4-6-11-7-10/h4-7,9H,3H2,1-2H3. The predicted molar refractivity (Wildman–Crippen MR) is 53.5 cm³/mol. The van der Waals surface area contributed by atoms with E-state index >= 15 is 0 Å². The summed E-state index contributed by atoms with van der Waals surface area (Å²) in [6.45, 7) is 4.12. The van der Waals surface area contributed by atoms with E-state index in [-0.39, 0.29) is 0 Å². The molecule has 1 atom stereocenters. The smallest absolute Gasteiger partial charge is 0.0952 e. The van der Waals surface area contributed by atoms with E-state index in [1.807, 2.05) is 19.1 Å². The van der Waals surface area contributed by atoms with Crippen LogP contribution in [0.15, 0.2) is 34.5 Å². The van der Waals surface area contributed by atoms with Crippen molar-refractivity contribution >= 4 is 11.7 Å². The first-order valence-corrected chi connectivity index (χ1v) is 4.38. The summed E-state index contributed by atoms with van der Waals surface area (Å²) in [6, 6.07) is 6.66. The molecule has 1 aromatic rings. The maximum atomic E-state index is 4.09. The lowest BCUT2D eigenvalue weighted by Crippen LogP contribution is -1.91. The largest absolute Gasteiger partial charge is 0.262 e. The molecule has 0 radical (unpaired) electrons. The molecule has 0 aliphatic rings. The molecular weight excluding hydrogens is 162 g/mol. The van der Waals surface area contributed by atoms with Gasteiger partial charge in [0.1, 0.15) is 0 Å². The van der Waals surface area contributed by atoms with Gasteiger partial charge in [-0.3, -0.25) is 4.98 Å². The number of hydrogen-bond donors (Lipinski definition) is 0. The summed E-state index contributed by atoms with van der Waals surface area (Å²) in [4.78, 5) is 12.0. The van der Waals surface area contributed by atoms with E-state index in [2.05, 4.69) is 27.9 Å². The predicted octanol–water partition coefficient (Wildman–Crippen LogP) is 2.69. The minimum Gasteiger partial charge on any atom is -0.262 e. The third kappa shape index (κ3) is 3.63. The second-order valence-electron chi connectivity index (χ2n) is 2.81. The molecule has 0 fully saturated rings. The Kier molecular flexibility index (Phi) is 3.86. The van der Waals surface area contributed by atoms with Gasteiger partial charge in [-0.2, -0.15) is 4.99 Å². The summed E-state index contributed by atoms with van der Waals surface area (Å²) in [5.41, 5.74) is 0.787. The van der Waals surface area contributed by atoms with Gasteiger partial charge in [0.15, 0.2) is 0 Å². The highest BCUT2D eigenvalue weighted by atomic mass is 14.8. The lowest BCUT2D eigenvalue weighted by Gasteiger charge is -1.94. The number of pyridine rings is 1. The van der Waals surface area contributed by atoms with Crippen LogP contribution in [0.2, 0.25) is 0 Å². The van der Waals surface area contributed by atoms with Crippen molar-refractivity contribution in [3.8, 4) is 0 Å². The second kappa shape index (κ2) is 5.22. The third-order valence-corrected chi connectivity index (χ3v) is 1.69. The third-order valence-electron chi connectivity index (χ3n) is 1.69. The van der Waals surface area contributed by atoms with Gasteiger partial charge in [0.05, 0.1) is 23.9 Å². The Bertz CT molecular complexity index is 299. The fourth-order valence-corrected chi connectivity index (χ4v) is 0.696. The van der Waals surface area contributed by atoms with E-state index in [0.717, 1.165) is 12.1 Å². The molecule has 68 valence electrons. The normalized spacial score (nSPS) is 11.5. The maximum Gasteiger partial charge on any atom is 0.0952 e.